The van der Waals surface area contributed by atoms with Crippen LogP contribution in [0.15, 0.2) is 18.2 Å². The quantitative estimate of drug-likeness (QED) is 0.894. The van der Waals surface area contributed by atoms with Crippen LogP contribution in [-0.2, 0) is 4.79 Å². The molecule has 2 atom stereocenters. The van der Waals surface area contributed by atoms with Crippen molar-refractivity contribution in [3.05, 3.63) is 29.6 Å². The highest BCUT2D eigenvalue weighted by molar-refractivity contribution is 5.96. The zero-order chi connectivity index (χ0) is 16.3. The third-order valence-electron chi connectivity index (χ3n) is 4.00. The number of aliphatic hydroxyl groups excluding tert-OH is 1. The van der Waals surface area contributed by atoms with Gasteiger partial charge in [-0.1, -0.05) is 6.42 Å². The Morgan fingerprint density at radius 1 is 1.41 bits per heavy atom. The number of benzene rings is 1. The van der Waals surface area contributed by atoms with Crippen molar-refractivity contribution < 1.29 is 19.1 Å². The molecule has 22 heavy (non-hydrogen) atoms. The van der Waals surface area contributed by atoms with Crippen LogP contribution in [-0.4, -0.2) is 41.5 Å². The summed E-state index contributed by atoms with van der Waals surface area (Å²) in [6.45, 7) is 1.74. The lowest BCUT2D eigenvalue weighted by Gasteiger charge is -2.23. The van der Waals surface area contributed by atoms with Crippen molar-refractivity contribution in [1.29, 1.82) is 0 Å². The molecule has 1 aromatic rings. The maximum Gasteiger partial charge on any atom is 0.253 e. The molecule has 2 rings (SSSR count). The van der Waals surface area contributed by atoms with Crippen LogP contribution in [0, 0.1) is 11.7 Å². The minimum atomic E-state index is -0.583. The van der Waals surface area contributed by atoms with Gasteiger partial charge in [-0.05, 0) is 31.0 Å². The van der Waals surface area contributed by atoms with E-state index < -0.39 is 11.7 Å². The summed E-state index contributed by atoms with van der Waals surface area (Å²) in [6, 6.07) is 3.89. The predicted molar refractivity (Wildman–Crippen MR) is 81.0 cm³/mol. The number of nitrogens with zero attached hydrogens (tertiary/aromatic N) is 1. The smallest absolute Gasteiger partial charge is 0.253 e. The number of rotatable bonds is 4. The van der Waals surface area contributed by atoms with E-state index in [9.17, 15) is 19.1 Å². The number of anilines is 1. The molecule has 2 unspecified atom stereocenters. The molecule has 1 aromatic carbocycles. The topological polar surface area (TPSA) is 69.6 Å². The second kappa shape index (κ2) is 6.87. The molecule has 1 aliphatic rings. The highest BCUT2D eigenvalue weighted by Gasteiger charge is 2.27. The Morgan fingerprint density at radius 3 is 2.73 bits per heavy atom. The van der Waals surface area contributed by atoms with E-state index in [1.165, 1.54) is 24.0 Å². The number of hydrogen-bond donors (Lipinski definition) is 2. The van der Waals surface area contributed by atoms with Gasteiger partial charge >= 0.3 is 0 Å². The van der Waals surface area contributed by atoms with Crippen LogP contribution in [0.4, 0.5) is 10.1 Å². The summed E-state index contributed by atoms with van der Waals surface area (Å²) in [6.07, 6.45) is 2.28. The number of halogens is 1. The molecule has 0 bridgehead atoms. The maximum absolute atomic E-state index is 13.6. The average molecular weight is 308 g/mol. The van der Waals surface area contributed by atoms with E-state index in [2.05, 4.69) is 5.32 Å². The van der Waals surface area contributed by atoms with Crippen LogP contribution >= 0.6 is 0 Å². The van der Waals surface area contributed by atoms with Gasteiger partial charge in [0, 0.05) is 32.0 Å². The summed E-state index contributed by atoms with van der Waals surface area (Å²) in [4.78, 5) is 25.0. The standard InChI is InChI=1S/C16H21FN2O3/c1-10(20)18-14-8-11(6-7-13(14)17)16(22)19(2)9-12-4-3-5-15(12)21/h6-8,12,15,21H,3-5,9H2,1-2H3,(H,18,20). The third-order valence-corrected chi connectivity index (χ3v) is 4.00. The van der Waals surface area contributed by atoms with Crippen LogP contribution in [0.25, 0.3) is 0 Å². The highest BCUT2D eigenvalue weighted by atomic mass is 19.1. The molecule has 1 saturated carbocycles. The van der Waals surface area contributed by atoms with Gasteiger partial charge in [0.05, 0.1) is 11.8 Å². The van der Waals surface area contributed by atoms with E-state index in [4.69, 9.17) is 0 Å². The van der Waals surface area contributed by atoms with Crippen molar-refractivity contribution in [3.8, 4) is 0 Å². The lowest BCUT2D eigenvalue weighted by molar-refractivity contribution is -0.114. The maximum atomic E-state index is 13.6. The summed E-state index contributed by atoms with van der Waals surface area (Å²) in [5, 5.41) is 12.2. The van der Waals surface area contributed by atoms with E-state index >= 15 is 0 Å². The number of carbonyl (C=O) groups excluding carboxylic acids is 2. The lowest BCUT2D eigenvalue weighted by atomic mass is 10.0. The first-order valence-electron chi connectivity index (χ1n) is 7.39. The van der Waals surface area contributed by atoms with E-state index in [1.54, 1.807) is 7.05 Å². The molecule has 0 radical (unpaired) electrons. The summed E-state index contributed by atoms with van der Waals surface area (Å²) >= 11 is 0. The zero-order valence-electron chi connectivity index (χ0n) is 12.8. The molecule has 1 fully saturated rings. The molecule has 2 N–H and O–H groups in total. The van der Waals surface area contributed by atoms with Crippen LogP contribution in [0.2, 0.25) is 0 Å². The van der Waals surface area contributed by atoms with Gasteiger partial charge in [0.25, 0.3) is 5.91 Å². The third kappa shape index (κ3) is 3.82. The average Bonchev–Trinajstić information content (AvgIpc) is 2.85. The fourth-order valence-electron chi connectivity index (χ4n) is 2.83. The Hall–Kier alpha value is -1.95. The van der Waals surface area contributed by atoms with Crippen LogP contribution < -0.4 is 5.32 Å². The molecular formula is C16H21FN2O3. The molecule has 2 amide bonds. The molecule has 0 heterocycles. The number of aliphatic hydroxyl groups is 1. The normalized spacial score (nSPS) is 20.7. The second-order valence-corrected chi connectivity index (χ2v) is 5.82. The van der Waals surface area contributed by atoms with Gasteiger partial charge in [-0.3, -0.25) is 9.59 Å². The van der Waals surface area contributed by atoms with Gasteiger partial charge in [0.15, 0.2) is 0 Å². The summed E-state index contributed by atoms with van der Waals surface area (Å²) in [5.74, 6) is -1.15. The van der Waals surface area contributed by atoms with Gasteiger partial charge in [-0.25, -0.2) is 4.39 Å². The molecule has 5 nitrogen and oxygen atoms in total. The number of nitrogens with one attached hydrogen (secondary N) is 1. The van der Waals surface area contributed by atoms with Gasteiger partial charge in [-0.2, -0.15) is 0 Å². The van der Waals surface area contributed by atoms with Crippen molar-refractivity contribution in [2.24, 2.45) is 5.92 Å². The zero-order valence-corrected chi connectivity index (χ0v) is 12.8. The van der Waals surface area contributed by atoms with Crippen molar-refractivity contribution >= 4 is 17.5 Å². The van der Waals surface area contributed by atoms with E-state index in [0.29, 0.717) is 12.1 Å². The monoisotopic (exact) mass is 308 g/mol. The van der Waals surface area contributed by atoms with Crippen LogP contribution in [0.5, 0.6) is 0 Å². The Labute approximate surface area is 129 Å². The number of amides is 2. The first-order chi connectivity index (χ1) is 10.4. The largest absolute Gasteiger partial charge is 0.393 e. The first kappa shape index (κ1) is 16.4. The predicted octanol–water partition coefficient (Wildman–Crippen LogP) is 2.02. The molecular weight excluding hydrogens is 287 g/mol. The van der Waals surface area contributed by atoms with E-state index in [0.717, 1.165) is 25.3 Å². The minimum absolute atomic E-state index is 0.00680. The Kier molecular flexibility index (Phi) is 5.13. The van der Waals surface area contributed by atoms with Crippen molar-refractivity contribution in [2.75, 3.05) is 18.9 Å². The van der Waals surface area contributed by atoms with Gasteiger partial charge in [-0.15, -0.1) is 0 Å². The van der Waals surface area contributed by atoms with Crippen molar-refractivity contribution in [1.82, 2.24) is 4.90 Å². The molecule has 1 aliphatic carbocycles. The fraction of sp³-hybridized carbons (Fsp3) is 0.500. The first-order valence-corrected chi connectivity index (χ1v) is 7.39. The Morgan fingerprint density at radius 2 is 2.14 bits per heavy atom. The van der Waals surface area contributed by atoms with Crippen molar-refractivity contribution in [3.63, 3.8) is 0 Å². The van der Waals surface area contributed by atoms with Gasteiger partial charge in [0.1, 0.15) is 5.82 Å². The fourth-order valence-corrected chi connectivity index (χ4v) is 2.83. The molecule has 120 valence electrons. The van der Waals surface area contributed by atoms with Crippen molar-refractivity contribution in [2.45, 2.75) is 32.3 Å². The lowest BCUT2D eigenvalue weighted by Crippen LogP contribution is -2.34. The number of carbonyl (C=O) groups is 2. The van der Waals surface area contributed by atoms with E-state index in [-0.39, 0.29) is 23.6 Å². The molecule has 6 heteroatoms. The van der Waals surface area contributed by atoms with Gasteiger partial charge < -0.3 is 15.3 Å². The molecule has 0 spiro atoms. The molecule has 0 saturated heterocycles. The summed E-state index contributed by atoms with van der Waals surface area (Å²) in [5.41, 5.74) is 0.299. The molecule has 0 aromatic heterocycles. The van der Waals surface area contributed by atoms with Crippen LogP contribution in [0.1, 0.15) is 36.5 Å². The second-order valence-electron chi connectivity index (χ2n) is 5.82. The molecule has 0 aliphatic heterocycles. The van der Waals surface area contributed by atoms with Crippen LogP contribution in [0.3, 0.4) is 0 Å². The number of hydrogen-bond acceptors (Lipinski definition) is 3. The summed E-state index contributed by atoms with van der Waals surface area (Å²) < 4.78 is 13.6. The summed E-state index contributed by atoms with van der Waals surface area (Å²) in [7, 11) is 1.66. The SMILES string of the molecule is CC(=O)Nc1cc(C(=O)N(C)CC2CCCC2O)ccc1F. The minimum Gasteiger partial charge on any atom is -0.393 e. The van der Waals surface area contributed by atoms with E-state index in [1.807, 2.05) is 0 Å². The van der Waals surface area contributed by atoms with Gasteiger partial charge in [0.2, 0.25) is 5.91 Å². The highest BCUT2D eigenvalue weighted by Crippen LogP contribution is 2.26. The Bertz CT molecular complexity index is 577. The Balaban J connectivity index is 2.09.